The first-order valence-corrected chi connectivity index (χ1v) is 7.28. The minimum Gasteiger partial charge on any atom is -0.258 e. The molecule has 2 rings (SSSR count). The summed E-state index contributed by atoms with van der Waals surface area (Å²) in [4.78, 5) is 0. The Morgan fingerprint density at radius 2 is 1.82 bits per heavy atom. The largest absolute Gasteiger partial charge is 0.303 e. The van der Waals surface area contributed by atoms with Crippen LogP contribution in [-0.4, -0.2) is 32.9 Å². The second kappa shape index (κ2) is 4.66. The predicted molar refractivity (Wildman–Crippen MR) is 69.3 cm³/mol. The Morgan fingerprint density at radius 3 is 2.41 bits per heavy atom. The van der Waals surface area contributed by atoms with Crippen LogP contribution in [0.2, 0.25) is 0 Å². The van der Waals surface area contributed by atoms with Gasteiger partial charge in [-0.2, -0.15) is 12.7 Å². The zero-order chi connectivity index (χ0) is 12.5. The van der Waals surface area contributed by atoms with Gasteiger partial charge in [-0.25, -0.2) is 0 Å². The van der Waals surface area contributed by atoms with Crippen LogP contribution in [0, 0.1) is 0 Å². The van der Waals surface area contributed by atoms with Crippen LogP contribution in [0.5, 0.6) is 0 Å². The van der Waals surface area contributed by atoms with E-state index in [-0.39, 0.29) is 0 Å². The Labute approximate surface area is 103 Å². The van der Waals surface area contributed by atoms with Gasteiger partial charge in [0.2, 0.25) is 0 Å². The highest BCUT2D eigenvalue weighted by molar-refractivity contribution is 7.90. The molecule has 0 radical (unpaired) electrons. The van der Waals surface area contributed by atoms with Crippen molar-refractivity contribution >= 4 is 15.9 Å². The highest BCUT2D eigenvalue weighted by Gasteiger charge is 2.30. The van der Waals surface area contributed by atoms with Crippen LogP contribution >= 0.6 is 0 Å². The predicted octanol–water partition coefficient (Wildman–Crippen LogP) is 1.64. The van der Waals surface area contributed by atoms with Gasteiger partial charge in [0.25, 0.3) is 0 Å². The van der Waals surface area contributed by atoms with Gasteiger partial charge in [0.1, 0.15) is 0 Å². The number of hydrogen-bond donors (Lipinski definition) is 0. The van der Waals surface area contributed by atoms with Crippen LogP contribution in [0.3, 0.4) is 0 Å². The molecule has 0 amide bonds. The van der Waals surface area contributed by atoms with Crippen molar-refractivity contribution in [2.45, 2.75) is 19.8 Å². The number of nitrogens with zero attached hydrogens (tertiary/aromatic N) is 2. The van der Waals surface area contributed by atoms with Crippen molar-refractivity contribution in [3.8, 4) is 0 Å². The van der Waals surface area contributed by atoms with E-state index in [1.54, 1.807) is 7.05 Å². The van der Waals surface area contributed by atoms with Crippen LogP contribution in [0.1, 0.15) is 18.9 Å². The van der Waals surface area contributed by atoms with Crippen LogP contribution < -0.4 is 4.31 Å². The molecule has 4 nitrogen and oxygen atoms in total. The molecule has 0 spiro atoms. The van der Waals surface area contributed by atoms with Gasteiger partial charge in [-0.3, -0.25) is 4.31 Å². The number of anilines is 1. The molecule has 1 aliphatic rings. The summed E-state index contributed by atoms with van der Waals surface area (Å²) in [6.07, 6.45) is 1.83. The van der Waals surface area contributed by atoms with Crippen molar-refractivity contribution in [1.82, 2.24) is 4.31 Å². The standard InChI is InChI=1S/C12H18N2O2S/c1-3-11-5-7-12(8-6-11)14-10-4-9-13(2)17(14,15)16/h5-8H,3-4,9-10H2,1-2H3. The van der Waals surface area contributed by atoms with Gasteiger partial charge in [-0.15, -0.1) is 0 Å². The number of aryl methyl sites for hydroxylation is 1. The molecular weight excluding hydrogens is 236 g/mol. The zero-order valence-corrected chi connectivity index (χ0v) is 11.1. The third-order valence-corrected chi connectivity index (χ3v) is 5.06. The van der Waals surface area contributed by atoms with Gasteiger partial charge in [0.15, 0.2) is 0 Å². The first kappa shape index (κ1) is 12.4. The van der Waals surface area contributed by atoms with Crippen molar-refractivity contribution in [2.75, 3.05) is 24.4 Å². The van der Waals surface area contributed by atoms with Gasteiger partial charge in [0, 0.05) is 20.1 Å². The van der Waals surface area contributed by atoms with E-state index < -0.39 is 10.2 Å². The maximum atomic E-state index is 12.1. The molecule has 1 fully saturated rings. The Morgan fingerprint density at radius 1 is 1.18 bits per heavy atom. The molecule has 17 heavy (non-hydrogen) atoms. The van der Waals surface area contributed by atoms with Crippen molar-refractivity contribution in [3.05, 3.63) is 29.8 Å². The van der Waals surface area contributed by atoms with Gasteiger partial charge in [0.05, 0.1) is 5.69 Å². The van der Waals surface area contributed by atoms with E-state index in [0.29, 0.717) is 13.1 Å². The molecule has 94 valence electrons. The lowest BCUT2D eigenvalue weighted by Gasteiger charge is -2.33. The Bertz CT molecular complexity index is 482. The van der Waals surface area contributed by atoms with Crippen molar-refractivity contribution in [3.63, 3.8) is 0 Å². The van der Waals surface area contributed by atoms with Crippen LogP contribution in [-0.2, 0) is 16.6 Å². The molecule has 1 aliphatic heterocycles. The topological polar surface area (TPSA) is 40.6 Å². The molecule has 0 aliphatic carbocycles. The Hall–Kier alpha value is -1.07. The monoisotopic (exact) mass is 254 g/mol. The highest BCUT2D eigenvalue weighted by atomic mass is 32.2. The summed E-state index contributed by atoms with van der Waals surface area (Å²) >= 11 is 0. The van der Waals surface area contributed by atoms with Crippen molar-refractivity contribution in [2.24, 2.45) is 0 Å². The number of benzene rings is 1. The summed E-state index contributed by atoms with van der Waals surface area (Å²) in [6.45, 7) is 3.25. The number of hydrogen-bond acceptors (Lipinski definition) is 2. The maximum Gasteiger partial charge on any atom is 0.303 e. The van der Waals surface area contributed by atoms with E-state index in [2.05, 4.69) is 6.92 Å². The minimum absolute atomic E-state index is 0.568. The van der Waals surface area contributed by atoms with E-state index in [1.165, 1.54) is 14.2 Å². The fraction of sp³-hybridized carbons (Fsp3) is 0.500. The normalized spacial score (nSPS) is 20.5. The third kappa shape index (κ3) is 2.30. The number of rotatable bonds is 2. The fourth-order valence-corrected chi connectivity index (χ4v) is 3.44. The molecular formula is C12H18N2O2S. The minimum atomic E-state index is -3.31. The SMILES string of the molecule is CCc1ccc(N2CCCN(C)S2(=O)=O)cc1. The summed E-state index contributed by atoms with van der Waals surface area (Å²) < 4.78 is 27.1. The molecule has 0 unspecified atom stereocenters. The van der Waals surface area contributed by atoms with Crippen molar-refractivity contribution < 1.29 is 8.42 Å². The fourth-order valence-electron chi connectivity index (χ4n) is 2.00. The molecule has 5 heteroatoms. The highest BCUT2D eigenvalue weighted by Crippen LogP contribution is 2.24. The molecule has 0 bridgehead atoms. The molecule has 1 aromatic rings. The quantitative estimate of drug-likeness (QED) is 0.805. The summed E-state index contributed by atoms with van der Waals surface area (Å²) in [5.41, 5.74) is 1.98. The van der Waals surface area contributed by atoms with Gasteiger partial charge in [-0.1, -0.05) is 19.1 Å². The second-order valence-electron chi connectivity index (χ2n) is 4.28. The first-order chi connectivity index (χ1) is 8.05. The third-order valence-electron chi connectivity index (χ3n) is 3.14. The second-order valence-corrected chi connectivity index (χ2v) is 6.23. The average Bonchev–Trinajstić information content (AvgIpc) is 2.33. The van der Waals surface area contributed by atoms with Crippen LogP contribution in [0.4, 0.5) is 5.69 Å². The van der Waals surface area contributed by atoms with E-state index in [0.717, 1.165) is 18.5 Å². The Kier molecular flexibility index (Phi) is 3.40. The van der Waals surface area contributed by atoms with E-state index in [9.17, 15) is 8.42 Å². The van der Waals surface area contributed by atoms with Crippen molar-refractivity contribution in [1.29, 1.82) is 0 Å². The molecule has 0 atom stereocenters. The van der Waals surface area contributed by atoms with Crippen LogP contribution in [0.25, 0.3) is 0 Å². The van der Waals surface area contributed by atoms with E-state index in [1.807, 2.05) is 24.3 Å². The molecule has 0 aromatic heterocycles. The smallest absolute Gasteiger partial charge is 0.258 e. The molecule has 1 heterocycles. The molecule has 0 N–H and O–H groups in total. The summed E-state index contributed by atoms with van der Waals surface area (Å²) in [7, 11) is -1.68. The summed E-state index contributed by atoms with van der Waals surface area (Å²) in [6, 6.07) is 7.74. The zero-order valence-electron chi connectivity index (χ0n) is 10.3. The first-order valence-electron chi connectivity index (χ1n) is 5.88. The Balaban J connectivity index is 2.32. The molecule has 0 saturated carbocycles. The molecule has 1 aromatic carbocycles. The van der Waals surface area contributed by atoms with E-state index in [4.69, 9.17) is 0 Å². The van der Waals surface area contributed by atoms with Gasteiger partial charge in [-0.05, 0) is 30.5 Å². The van der Waals surface area contributed by atoms with Gasteiger partial charge >= 0.3 is 10.2 Å². The maximum absolute atomic E-state index is 12.1. The van der Waals surface area contributed by atoms with Crippen LogP contribution in [0.15, 0.2) is 24.3 Å². The van der Waals surface area contributed by atoms with Gasteiger partial charge < -0.3 is 0 Å². The summed E-state index contributed by atoms with van der Waals surface area (Å²) in [5.74, 6) is 0. The lowest BCUT2D eigenvalue weighted by molar-refractivity contribution is 0.438. The summed E-state index contributed by atoms with van der Waals surface area (Å²) in [5, 5.41) is 0. The van der Waals surface area contributed by atoms with E-state index >= 15 is 0 Å². The lowest BCUT2D eigenvalue weighted by Crippen LogP contribution is -2.47. The molecule has 1 saturated heterocycles. The average molecular weight is 254 g/mol. The lowest BCUT2D eigenvalue weighted by atomic mass is 10.1.